The van der Waals surface area contributed by atoms with E-state index in [0.29, 0.717) is 11.3 Å². The van der Waals surface area contributed by atoms with Crippen LogP contribution >= 0.6 is 7.75 Å². The Morgan fingerprint density at radius 2 is 1.91 bits per heavy atom. The molecule has 4 heterocycles. The van der Waals surface area contributed by atoms with Crippen molar-refractivity contribution < 1.29 is 41.8 Å². The molecule has 2 aromatic heterocycles. The summed E-state index contributed by atoms with van der Waals surface area (Å²) in [6.45, 7) is 5.75. The van der Waals surface area contributed by atoms with E-state index in [4.69, 9.17) is 24.3 Å². The van der Waals surface area contributed by atoms with Crippen LogP contribution in [0.4, 0.5) is 20.5 Å². The third-order valence-electron chi connectivity index (χ3n) is 7.27. The number of hydrogen-bond donors (Lipinski definition) is 3. The lowest BCUT2D eigenvalue weighted by Gasteiger charge is -2.28. The average Bonchev–Trinajstić information content (AvgIpc) is 3.68. The van der Waals surface area contributed by atoms with Crippen LogP contribution in [0.15, 0.2) is 36.7 Å². The first-order valence-electron chi connectivity index (χ1n) is 14.2. The molecule has 3 aromatic rings. The fraction of sp³-hybridized carbons (Fsp3) is 0.556. The molecule has 0 aliphatic carbocycles. The lowest BCUT2D eigenvalue weighted by atomic mass is 9.97. The van der Waals surface area contributed by atoms with Gasteiger partial charge in [-0.1, -0.05) is 18.2 Å². The summed E-state index contributed by atoms with van der Waals surface area (Å²) in [5, 5.41) is 13.3. The minimum Gasteiger partial charge on any atom is -0.462 e. The molecule has 2 fully saturated rings. The smallest absolute Gasteiger partial charge is 0.459 e. The first kappa shape index (κ1) is 32.0. The summed E-state index contributed by atoms with van der Waals surface area (Å²) >= 11 is 0. The summed E-state index contributed by atoms with van der Waals surface area (Å²) in [5.41, 5.74) is 3.57. The van der Waals surface area contributed by atoms with Crippen LogP contribution in [0.25, 0.3) is 11.2 Å². The molecule has 0 bridgehead atoms. The standard InChI is InChI=1S/C27H36F2N7O7P/c1-16(2)41-22(37)17(3)34-44(39,43-18-10-6-5-7-11-18)40-14-27(29)23(38)26(4,28)24(42-27)36-15-31-19-20(35-12-8-9-13-35)32-25(30)33-21(19)36/h5-7,10-11,15-17,23-24,38H,8-9,12-14H2,1-4H3,(H,34,39)(H2,30,32,33)/t17-,23-,24+,26+,27+,44+/m0/s1. The van der Waals surface area contributed by atoms with Gasteiger partial charge in [0.05, 0.1) is 12.4 Å². The van der Waals surface area contributed by atoms with Gasteiger partial charge in [-0.25, -0.2) is 18.3 Å². The Hall–Kier alpha value is -3.43. The van der Waals surface area contributed by atoms with E-state index in [-0.39, 0.29) is 17.3 Å². The second-order valence-corrected chi connectivity index (χ2v) is 12.9. The molecule has 4 N–H and O–H groups in total. The maximum absolute atomic E-state index is 16.4. The maximum Gasteiger partial charge on any atom is 0.459 e. The molecule has 0 saturated carbocycles. The van der Waals surface area contributed by atoms with Crippen molar-refractivity contribution >= 4 is 36.6 Å². The van der Waals surface area contributed by atoms with Gasteiger partial charge < -0.3 is 29.7 Å². The SMILES string of the molecule is CC(C)OC(=O)[C@H](C)N[P@@](=O)(OC[C@@]1(F)O[C@@H](n2cnc3c(N4CCCC4)nc(N)nc32)[C@](C)(F)[C@@H]1O)Oc1ccccc1. The molecule has 44 heavy (non-hydrogen) atoms. The summed E-state index contributed by atoms with van der Waals surface area (Å²) in [5.74, 6) is -3.60. The molecule has 0 amide bonds. The van der Waals surface area contributed by atoms with E-state index in [2.05, 4.69) is 20.0 Å². The summed E-state index contributed by atoms with van der Waals surface area (Å²) in [6.07, 6.45) is -1.60. The second-order valence-electron chi connectivity index (χ2n) is 11.2. The van der Waals surface area contributed by atoms with Gasteiger partial charge in [0.15, 0.2) is 35.0 Å². The Labute approximate surface area is 252 Å². The quantitative estimate of drug-likeness (QED) is 0.206. The maximum atomic E-state index is 16.4. The zero-order chi connectivity index (χ0) is 31.9. The van der Waals surface area contributed by atoms with Crippen LogP contribution in [0.5, 0.6) is 5.75 Å². The average molecular weight is 640 g/mol. The van der Waals surface area contributed by atoms with Crippen molar-refractivity contribution in [2.75, 3.05) is 30.3 Å². The zero-order valence-electron chi connectivity index (χ0n) is 24.7. The van der Waals surface area contributed by atoms with Crippen molar-refractivity contribution in [1.82, 2.24) is 24.6 Å². The third-order valence-corrected chi connectivity index (χ3v) is 8.89. The molecular formula is C27H36F2N7O7P. The van der Waals surface area contributed by atoms with Crippen molar-refractivity contribution in [3.63, 3.8) is 0 Å². The largest absolute Gasteiger partial charge is 0.462 e. The van der Waals surface area contributed by atoms with Crippen LogP contribution in [0.1, 0.15) is 46.8 Å². The van der Waals surface area contributed by atoms with Crippen LogP contribution in [0.3, 0.4) is 0 Å². The number of esters is 1. The lowest BCUT2D eigenvalue weighted by molar-refractivity contribution is -0.202. The molecule has 2 saturated heterocycles. The number of nitrogens with two attached hydrogens (primary N) is 1. The van der Waals surface area contributed by atoms with Gasteiger partial charge in [0.2, 0.25) is 5.95 Å². The van der Waals surface area contributed by atoms with Gasteiger partial charge in [-0.2, -0.15) is 15.1 Å². The van der Waals surface area contributed by atoms with Gasteiger partial charge in [0.1, 0.15) is 18.4 Å². The Morgan fingerprint density at radius 1 is 1.23 bits per heavy atom. The number of nitrogens with one attached hydrogen (secondary N) is 1. The number of fused-ring (bicyclic) bond motifs is 1. The number of halogens is 2. The summed E-state index contributed by atoms with van der Waals surface area (Å²) in [6, 6.07) is 6.58. The minimum absolute atomic E-state index is 0.0673. The fourth-order valence-corrected chi connectivity index (χ4v) is 6.61. The Kier molecular flexibility index (Phi) is 8.84. The molecule has 2 aliphatic rings. The van der Waals surface area contributed by atoms with Gasteiger partial charge >= 0.3 is 13.7 Å². The minimum atomic E-state index is -4.57. The van der Waals surface area contributed by atoms with E-state index in [1.54, 1.807) is 32.0 Å². The summed E-state index contributed by atoms with van der Waals surface area (Å²) in [4.78, 5) is 27.2. The third kappa shape index (κ3) is 6.35. The Bertz CT molecular complexity index is 1540. The van der Waals surface area contributed by atoms with Gasteiger partial charge in [0, 0.05) is 13.1 Å². The normalized spacial score (nSPS) is 27.5. The zero-order valence-corrected chi connectivity index (χ0v) is 25.6. The number of nitrogen functional groups attached to an aromatic ring is 1. The fourth-order valence-electron chi connectivity index (χ4n) is 5.11. The van der Waals surface area contributed by atoms with Crippen molar-refractivity contribution in [2.45, 2.75) is 76.5 Å². The number of anilines is 2. The highest BCUT2D eigenvalue weighted by atomic mass is 31.2. The molecule has 0 unspecified atom stereocenters. The van der Waals surface area contributed by atoms with Crippen LogP contribution < -0.4 is 20.2 Å². The molecule has 6 atom stereocenters. The van der Waals surface area contributed by atoms with E-state index in [9.17, 15) is 14.5 Å². The number of rotatable bonds is 11. The molecule has 240 valence electrons. The van der Waals surface area contributed by atoms with Crippen LogP contribution in [-0.4, -0.2) is 80.1 Å². The molecule has 17 heteroatoms. The Balaban J connectivity index is 1.41. The highest BCUT2D eigenvalue weighted by Crippen LogP contribution is 2.52. The summed E-state index contributed by atoms with van der Waals surface area (Å²) < 4.78 is 69.0. The topological polar surface area (TPSA) is 176 Å². The molecule has 5 rings (SSSR count). The Morgan fingerprint density at radius 3 is 2.57 bits per heavy atom. The van der Waals surface area contributed by atoms with Crippen molar-refractivity contribution in [3.8, 4) is 5.75 Å². The number of aliphatic hydroxyl groups is 1. The van der Waals surface area contributed by atoms with E-state index < -0.39 is 56.3 Å². The number of alkyl halides is 2. The first-order valence-corrected chi connectivity index (χ1v) is 15.7. The number of aromatic nitrogens is 4. The van der Waals surface area contributed by atoms with Gasteiger partial charge in [-0.15, -0.1) is 0 Å². The van der Waals surface area contributed by atoms with Crippen molar-refractivity contribution in [2.24, 2.45) is 0 Å². The number of carbonyl (C=O) groups is 1. The highest BCUT2D eigenvalue weighted by molar-refractivity contribution is 7.52. The lowest BCUT2D eigenvalue weighted by Crippen LogP contribution is -2.47. The van der Waals surface area contributed by atoms with Crippen molar-refractivity contribution in [3.05, 3.63) is 36.7 Å². The van der Waals surface area contributed by atoms with E-state index in [1.807, 2.05) is 4.90 Å². The monoisotopic (exact) mass is 639 g/mol. The van der Waals surface area contributed by atoms with E-state index in [1.165, 1.54) is 25.4 Å². The van der Waals surface area contributed by atoms with Crippen LogP contribution in [-0.2, 0) is 23.4 Å². The molecule has 0 spiro atoms. The molecule has 14 nitrogen and oxygen atoms in total. The predicted molar refractivity (Wildman–Crippen MR) is 155 cm³/mol. The van der Waals surface area contributed by atoms with Gasteiger partial charge in [-0.05, 0) is 52.7 Å². The molecular weight excluding hydrogens is 603 g/mol. The number of benzene rings is 1. The number of hydrogen-bond acceptors (Lipinski definition) is 12. The van der Waals surface area contributed by atoms with Crippen molar-refractivity contribution in [1.29, 1.82) is 0 Å². The number of aliphatic hydroxyl groups excluding tert-OH is 1. The molecule has 1 aromatic carbocycles. The number of ether oxygens (including phenoxy) is 2. The molecule has 2 aliphatic heterocycles. The number of nitrogens with zero attached hydrogens (tertiary/aromatic N) is 5. The van der Waals surface area contributed by atoms with Crippen LogP contribution in [0.2, 0.25) is 0 Å². The number of imidazole rings is 1. The summed E-state index contributed by atoms with van der Waals surface area (Å²) in [7, 11) is -4.57. The van der Waals surface area contributed by atoms with Gasteiger partial charge in [0.25, 0.3) is 5.85 Å². The van der Waals surface area contributed by atoms with Gasteiger partial charge in [-0.3, -0.25) is 13.9 Å². The number of carbonyl (C=O) groups excluding carboxylic acids is 1. The van der Waals surface area contributed by atoms with E-state index >= 15 is 8.78 Å². The second kappa shape index (κ2) is 12.2. The number of para-hydroxylation sites is 1. The first-order chi connectivity index (χ1) is 20.7. The predicted octanol–water partition coefficient (Wildman–Crippen LogP) is 3.43. The highest BCUT2D eigenvalue weighted by Gasteiger charge is 2.65. The van der Waals surface area contributed by atoms with Crippen LogP contribution in [0, 0.1) is 0 Å². The van der Waals surface area contributed by atoms with E-state index in [0.717, 1.165) is 37.4 Å². The molecule has 0 radical (unpaired) electrons.